The number of benzene rings is 1. The van der Waals surface area contributed by atoms with Gasteiger partial charge in [0.15, 0.2) is 4.34 Å². The molecule has 0 aliphatic carbocycles. The summed E-state index contributed by atoms with van der Waals surface area (Å²) in [6, 6.07) is 6.84. The van der Waals surface area contributed by atoms with Crippen LogP contribution in [0.3, 0.4) is 0 Å². The molecule has 0 aliphatic rings. The molecular formula is C15H20FN3S2. The number of unbranched alkanes of at least 4 members (excludes halogenated alkanes) is 3. The second kappa shape index (κ2) is 9.00. The molecule has 114 valence electrons. The molecule has 0 spiro atoms. The zero-order valence-corrected chi connectivity index (χ0v) is 13.8. The fourth-order valence-electron chi connectivity index (χ4n) is 1.84. The van der Waals surface area contributed by atoms with E-state index in [1.807, 2.05) is 6.07 Å². The van der Waals surface area contributed by atoms with E-state index >= 15 is 0 Å². The first-order chi connectivity index (χ1) is 10.3. The Labute approximate surface area is 133 Å². The van der Waals surface area contributed by atoms with Crippen molar-refractivity contribution in [2.75, 3.05) is 11.9 Å². The van der Waals surface area contributed by atoms with Gasteiger partial charge in [-0.15, -0.1) is 10.2 Å². The highest BCUT2D eigenvalue weighted by molar-refractivity contribution is 8.00. The molecule has 3 nitrogen and oxygen atoms in total. The van der Waals surface area contributed by atoms with Crippen LogP contribution in [0.5, 0.6) is 0 Å². The van der Waals surface area contributed by atoms with E-state index in [4.69, 9.17) is 0 Å². The summed E-state index contributed by atoms with van der Waals surface area (Å²) in [5.41, 5.74) is 0.701. The molecule has 1 aromatic heterocycles. The average Bonchev–Trinajstić information content (AvgIpc) is 2.94. The normalized spacial score (nSPS) is 10.8. The summed E-state index contributed by atoms with van der Waals surface area (Å²) in [5, 5.41) is 12.4. The molecule has 2 aromatic rings. The Morgan fingerprint density at radius 2 is 2.05 bits per heavy atom. The molecule has 0 atom stereocenters. The number of hydrogen-bond donors (Lipinski definition) is 1. The Bertz CT molecular complexity index is 545. The monoisotopic (exact) mass is 325 g/mol. The number of thioether (sulfide) groups is 1. The van der Waals surface area contributed by atoms with Crippen LogP contribution in [0.4, 0.5) is 9.52 Å². The molecule has 21 heavy (non-hydrogen) atoms. The van der Waals surface area contributed by atoms with E-state index in [9.17, 15) is 4.39 Å². The summed E-state index contributed by atoms with van der Waals surface area (Å²) >= 11 is 3.05. The van der Waals surface area contributed by atoms with Crippen LogP contribution in [0.15, 0.2) is 28.6 Å². The van der Waals surface area contributed by atoms with Crippen LogP contribution in [0, 0.1) is 5.82 Å². The van der Waals surface area contributed by atoms with Crippen molar-refractivity contribution in [3.05, 3.63) is 35.6 Å². The molecule has 6 heteroatoms. The summed E-state index contributed by atoms with van der Waals surface area (Å²) in [5.74, 6) is 0.418. The largest absolute Gasteiger partial charge is 0.360 e. The number of anilines is 1. The number of nitrogens with one attached hydrogen (secondary N) is 1. The van der Waals surface area contributed by atoms with Crippen LogP contribution < -0.4 is 5.32 Å². The number of hydrogen-bond acceptors (Lipinski definition) is 5. The maximum absolute atomic E-state index is 13.5. The molecular weight excluding hydrogens is 305 g/mol. The van der Waals surface area contributed by atoms with Gasteiger partial charge in [0.05, 0.1) is 0 Å². The molecule has 0 radical (unpaired) electrons. The first kappa shape index (κ1) is 16.2. The Kier molecular flexibility index (Phi) is 6.95. The van der Waals surface area contributed by atoms with Crippen LogP contribution in [0.25, 0.3) is 0 Å². The number of nitrogens with zero attached hydrogens (tertiary/aromatic N) is 2. The molecule has 0 unspecified atom stereocenters. The van der Waals surface area contributed by atoms with Gasteiger partial charge in [-0.25, -0.2) is 4.39 Å². The third-order valence-corrected chi connectivity index (χ3v) is 5.09. The smallest absolute Gasteiger partial charge is 0.206 e. The van der Waals surface area contributed by atoms with Gasteiger partial charge in [0.25, 0.3) is 0 Å². The standard InChI is InChI=1S/C15H20FN3S2/c1-2-3-4-7-10-17-14-18-19-15(21-14)20-11-12-8-5-6-9-13(12)16/h5-6,8-9H,2-4,7,10-11H2,1H3,(H,17,18). The van der Waals surface area contributed by atoms with Crippen molar-refractivity contribution in [2.24, 2.45) is 0 Å². The van der Waals surface area contributed by atoms with E-state index in [0.717, 1.165) is 22.4 Å². The van der Waals surface area contributed by atoms with Crippen molar-refractivity contribution in [1.29, 1.82) is 0 Å². The Morgan fingerprint density at radius 3 is 2.86 bits per heavy atom. The van der Waals surface area contributed by atoms with Crippen molar-refractivity contribution in [3.8, 4) is 0 Å². The Morgan fingerprint density at radius 1 is 1.19 bits per heavy atom. The molecule has 0 saturated heterocycles. The van der Waals surface area contributed by atoms with E-state index in [-0.39, 0.29) is 5.82 Å². The number of rotatable bonds is 9. The zero-order chi connectivity index (χ0) is 14.9. The molecule has 2 rings (SSSR count). The lowest BCUT2D eigenvalue weighted by atomic mass is 10.2. The molecule has 0 aliphatic heterocycles. The van der Waals surface area contributed by atoms with Crippen LogP contribution in [0.2, 0.25) is 0 Å². The fraction of sp³-hybridized carbons (Fsp3) is 0.467. The van der Waals surface area contributed by atoms with Crippen molar-refractivity contribution < 1.29 is 4.39 Å². The van der Waals surface area contributed by atoms with Crippen LogP contribution in [-0.2, 0) is 5.75 Å². The number of aromatic nitrogens is 2. The molecule has 1 aromatic carbocycles. The average molecular weight is 325 g/mol. The third-order valence-electron chi connectivity index (χ3n) is 3.02. The van der Waals surface area contributed by atoms with Crippen LogP contribution >= 0.6 is 23.1 Å². The van der Waals surface area contributed by atoms with Crippen molar-refractivity contribution in [1.82, 2.24) is 10.2 Å². The molecule has 1 heterocycles. The van der Waals surface area contributed by atoms with E-state index in [2.05, 4.69) is 22.4 Å². The molecule has 0 saturated carbocycles. The van der Waals surface area contributed by atoms with Gasteiger partial charge in [-0.2, -0.15) is 0 Å². The second-order valence-electron chi connectivity index (χ2n) is 4.74. The van der Waals surface area contributed by atoms with Gasteiger partial charge >= 0.3 is 0 Å². The van der Waals surface area contributed by atoms with Crippen molar-refractivity contribution in [2.45, 2.75) is 42.7 Å². The van der Waals surface area contributed by atoms with E-state index < -0.39 is 0 Å². The molecule has 1 N–H and O–H groups in total. The van der Waals surface area contributed by atoms with Crippen molar-refractivity contribution in [3.63, 3.8) is 0 Å². The summed E-state index contributed by atoms with van der Waals surface area (Å²) in [6.07, 6.45) is 4.93. The minimum Gasteiger partial charge on any atom is -0.360 e. The molecule has 0 fully saturated rings. The predicted octanol–water partition coefficient (Wildman–Crippen LogP) is 4.96. The van der Waals surface area contributed by atoms with Crippen LogP contribution in [0.1, 0.15) is 38.2 Å². The highest BCUT2D eigenvalue weighted by Crippen LogP contribution is 2.28. The van der Waals surface area contributed by atoms with Gasteiger partial charge in [-0.05, 0) is 18.1 Å². The minimum absolute atomic E-state index is 0.163. The van der Waals surface area contributed by atoms with Gasteiger partial charge in [0, 0.05) is 12.3 Å². The van der Waals surface area contributed by atoms with Gasteiger partial charge in [0.2, 0.25) is 5.13 Å². The van der Waals surface area contributed by atoms with E-state index in [1.54, 1.807) is 12.1 Å². The minimum atomic E-state index is -0.163. The van der Waals surface area contributed by atoms with Gasteiger partial charge in [0.1, 0.15) is 5.82 Å². The maximum atomic E-state index is 13.5. The summed E-state index contributed by atoms with van der Waals surface area (Å²) in [7, 11) is 0. The first-order valence-corrected chi connectivity index (χ1v) is 9.03. The first-order valence-electron chi connectivity index (χ1n) is 7.23. The summed E-state index contributed by atoms with van der Waals surface area (Å²) < 4.78 is 14.4. The highest BCUT2D eigenvalue weighted by Gasteiger charge is 2.06. The zero-order valence-electron chi connectivity index (χ0n) is 12.1. The number of halogens is 1. The van der Waals surface area contributed by atoms with Gasteiger partial charge in [-0.1, -0.05) is 67.5 Å². The van der Waals surface area contributed by atoms with E-state index in [0.29, 0.717) is 11.3 Å². The lowest BCUT2D eigenvalue weighted by molar-refractivity contribution is 0.617. The lowest BCUT2D eigenvalue weighted by Gasteiger charge is -2.01. The SMILES string of the molecule is CCCCCCNc1nnc(SCc2ccccc2F)s1. The summed E-state index contributed by atoms with van der Waals surface area (Å²) in [4.78, 5) is 0. The van der Waals surface area contributed by atoms with Gasteiger partial charge in [-0.3, -0.25) is 0 Å². The van der Waals surface area contributed by atoms with Crippen LogP contribution in [-0.4, -0.2) is 16.7 Å². The molecule has 0 bridgehead atoms. The fourth-order valence-corrected chi connectivity index (χ4v) is 3.61. The predicted molar refractivity (Wildman–Crippen MR) is 88.5 cm³/mol. The quantitative estimate of drug-likeness (QED) is 0.522. The molecule has 0 amide bonds. The third kappa shape index (κ3) is 5.63. The second-order valence-corrected chi connectivity index (χ2v) is 6.94. The highest BCUT2D eigenvalue weighted by atomic mass is 32.2. The lowest BCUT2D eigenvalue weighted by Crippen LogP contribution is -2.00. The summed E-state index contributed by atoms with van der Waals surface area (Å²) in [6.45, 7) is 3.14. The van der Waals surface area contributed by atoms with Crippen molar-refractivity contribution >= 4 is 28.2 Å². The maximum Gasteiger partial charge on any atom is 0.206 e. The van der Waals surface area contributed by atoms with E-state index in [1.165, 1.54) is 48.4 Å². The Hall–Kier alpha value is -1.14. The topological polar surface area (TPSA) is 37.8 Å². The van der Waals surface area contributed by atoms with Gasteiger partial charge < -0.3 is 5.32 Å². The Balaban J connectivity index is 1.74.